The fraction of sp³-hybridized carbons (Fsp3) is 0.182. The number of nitriles is 1. The van der Waals surface area contributed by atoms with Crippen molar-refractivity contribution in [3.05, 3.63) is 70.4 Å². The number of benzene rings is 2. The first-order valence-electron chi connectivity index (χ1n) is 8.72. The van der Waals surface area contributed by atoms with Gasteiger partial charge in [0, 0.05) is 41.1 Å². The molecule has 1 N–H and O–H groups in total. The van der Waals surface area contributed by atoms with E-state index in [2.05, 4.69) is 22.0 Å². The highest BCUT2D eigenvalue weighted by atomic mass is 35.5. The number of aryl methyl sites for hydroxylation is 2. The maximum absolute atomic E-state index is 10.9. The molecule has 0 atom stereocenters. The number of nitrogens with one attached hydrogen (secondary N) is 1. The molecule has 0 spiro atoms. The van der Waals surface area contributed by atoms with Crippen molar-refractivity contribution in [2.45, 2.75) is 19.8 Å². The summed E-state index contributed by atoms with van der Waals surface area (Å²) in [4.78, 5) is 10.9. The second kappa shape index (κ2) is 8.11. The fourth-order valence-corrected chi connectivity index (χ4v) is 3.47. The summed E-state index contributed by atoms with van der Waals surface area (Å²) < 4.78 is 2.16. The van der Waals surface area contributed by atoms with Crippen LogP contribution in [0.25, 0.3) is 16.9 Å². The molecular weight excluding hydrogens is 358 g/mol. The minimum atomic E-state index is 0.457. The topological polar surface area (TPSA) is 57.8 Å². The van der Waals surface area contributed by atoms with Gasteiger partial charge in [0.05, 0.1) is 17.3 Å². The van der Waals surface area contributed by atoms with Crippen LogP contribution < -0.4 is 5.32 Å². The van der Waals surface area contributed by atoms with E-state index < -0.39 is 0 Å². The first-order valence-corrected chi connectivity index (χ1v) is 9.10. The van der Waals surface area contributed by atoms with Crippen LogP contribution >= 0.6 is 11.6 Å². The van der Waals surface area contributed by atoms with Crippen LogP contribution in [0.4, 0.5) is 5.69 Å². The number of hydrogen-bond donors (Lipinski definition) is 1. The summed E-state index contributed by atoms with van der Waals surface area (Å²) in [5.74, 6) is 0. The third-order valence-electron chi connectivity index (χ3n) is 4.57. The SMILES string of the molecule is CNc1cc(Cl)ccc1-c1ccc(CCC=O)n1-c1ccc(C#N)cc1C. The normalized spacial score (nSPS) is 10.4. The molecule has 0 fully saturated rings. The van der Waals surface area contributed by atoms with Crippen molar-refractivity contribution < 1.29 is 4.79 Å². The Morgan fingerprint density at radius 2 is 2.00 bits per heavy atom. The molecule has 0 radical (unpaired) electrons. The molecule has 0 amide bonds. The number of carbonyl (C=O) groups is 1. The molecule has 0 aliphatic heterocycles. The van der Waals surface area contributed by atoms with Gasteiger partial charge in [0.15, 0.2) is 0 Å². The van der Waals surface area contributed by atoms with Crippen molar-refractivity contribution in [3.8, 4) is 23.0 Å². The van der Waals surface area contributed by atoms with E-state index in [-0.39, 0.29) is 0 Å². The molecule has 3 aromatic rings. The summed E-state index contributed by atoms with van der Waals surface area (Å²) in [5.41, 5.74) is 6.61. The van der Waals surface area contributed by atoms with Gasteiger partial charge in [0.2, 0.25) is 0 Å². The summed E-state index contributed by atoms with van der Waals surface area (Å²) in [6.07, 6.45) is 2.04. The number of aldehydes is 1. The number of nitrogens with zero attached hydrogens (tertiary/aromatic N) is 2. The fourth-order valence-electron chi connectivity index (χ4n) is 3.30. The molecule has 1 aromatic heterocycles. The zero-order valence-electron chi connectivity index (χ0n) is 15.3. The van der Waals surface area contributed by atoms with Gasteiger partial charge in [-0.2, -0.15) is 5.26 Å². The van der Waals surface area contributed by atoms with E-state index in [0.717, 1.165) is 40.2 Å². The predicted octanol–water partition coefficient (Wildman–Crippen LogP) is 5.15. The molecule has 1 heterocycles. The van der Waals surface area contributed by atoms with Crippen LogP contribution in [0, 0.1) is 18.3 Å². The van der Waals surface area contributed by atoms with Crippen molar-refractivity contribution in [2.75, 3.05) is 12.4 Å². The van der Waals surface area contributed by atoms with Gasteiger partial charge in [-0.1, -0.05) is 11.6 Å². The van der Waals surface area contributed by atoms with Gasteiger partial charge in [0.1, 0.15) is 6.29 Å². The molecule has 0 aliphatic rings. The van der Waals surface area contributed by atoms with Gasteiger partial charge < -0.3 is 14.7 Å². The molecule has 0 unspecified atom stereocenters. The number of rotatable bonds is 6. The van der Waals surface area contributed by atoms with Gasteiger partial charge in [-0.05, 0) is 67.4 Å². The number of aromatic nitrogens is 1. The number of hydrogen-bond acceptors (Lipinski definition) is 3. The van der Waals surface area contributed by atoms with E-state index in [1.165, 1.54) is 0 Å². The first kappa shape index (κ1) is 18.8. The third kappa shape index (κ3) is 3.74. The summed E-state index contributed by atoms with van der Waals surface area (Å²) in [6, 6.07) is 17.7. The monoisotopic (exact) mass is 377 g/mol. The summed E-state index contributed by atoms with van der Waals surface area (Å²) in [5, 5.41) is 13.0. The van der Waals surface area contributed by atoms with E-state index in [1.807, 2.05) is 56.4 Å². The number of halogens is 1. The predicted molar refractivity (Wildman–Crippen MR) is 110 cm³/mol. The van der Waals surface area contributed by atoms with E-state index in [4.69, 9.17) is 16.9 Å². The summed E-state index contributed by atoms with van der Waals surface area (Å²) >= 11 is 6.16. The Kier molecular flexibility index (Phi) is 5.63. The smallest absolute Gasteiger partial charge is 0.120 e. The van der Waals surface area contributed by atoms with Crippen molar-refractivity contribution in [2.24, 2.45) is 0 Å². The number of carbonyl (C=O) groups excluding carboxylic acids is 1. The maximum Gasteiger partial charge on any atom is 0.120 e. The second-order valence-electron chi connectivity index (χ2n) is 6.30. The van der Waals surface area contributed by atoms with Crippen LogP contribution in [0.2, 0.25) is 5.02 Å². The van der Waals surface area contributed by atoms with Crippen molar-refractivity contribution in [1.29, 1.82) is 5.26 Å². The standard InChI is InChI=1S/C22H20ClN3O/c1-15-12-16(14-24)5-9-21(15)26-18(4-3-11-27)7-10-22(26)19-8-6-17(23)13-20(19)25-2/h5-13,25H,3-4H2,1-2H3. The van der Waals surface area contributed by atoms with Gasteiger partial charge in [0.25, 0.3) is 0 Å². The van der Waals surface area contributed by atoms with Crippen molar-refractivity contribution in [3.63, 3.8) is 0 Å². The molecule has 27 heavy (non-hydrogen) atoms. The third-order valence-corrected chi connectivity index (χ3v) is 4.81. The lowest BCUT2D eigenvalue weighted by Gasteiger charge is -2.18. The quantitative estimate of drug-likeness (QED) is 0.604. The van der Waals surface area contributed by atoms with Crippen LogP contribution in [0.5, 0.6) is 0 Å². The zero-order valence-corrected chi connectivity index (χ0v) is 16.0. The van der Waals surface area contributed by atoms with Crippen molar-refractivity contribution in [1.82, 2.24) is 4.57 Å². The Labute approximate surface area is 164 Å². The molecule has 5 heteroatoms. The van der Waals surface area contributed by atoms with Crippen LogP contribution in [-0.4, -0.2) is 17.9 Å². The van der Waals surface area contributed by atoms with Crippen LogP contribution in [0.3, 0.4) is 0 Å². The Balaban J connectivity index is 2.24. The lowest BCUT2D eigenvalue weighted by Crippen LogP contribution is -2.06. The van der Waals surface area contributed by atoms with E-state index in [1.54, 1.807) is 0 Å². The summed E-state index contributed by atoms with van der Waals surface area (Å²) in [6.45, 7) is 1.99. The highest BCUT2D eigenvalue weighted by Crippen LogP contribution is 2.35. The van der Waals surface area contributed by atoms with Gasteiger partial charge in [-0.25, -0.2) is 0 Å². The second-order valence-corrected chi connectivity index (χ2v) is 6.74. The molecule has 0 saturated heterocycles. The molecule has 0 bridgehead atoms. The van der Waals surface area contributed by atoms with Crippen molar-refractivity contribution >= 4 is 23.6 Å². The van der Waals surface area contributed by atoms with Crippen LogP contribution in [0.15, 0.2) is 48.5 Å². The lowest BCUT2D eigenvalue weighted by molar-refractivity contribution is -0.107. The van der Waals surface area contributed by atoms with E-state index in [9.17, 15) is 4.79 Å². The van der Waals surface area contributed by atoms with E-state index >= 15 is 0 Å². The molecule has 136 valence electrons. The minimum Gasteiger partial charge on any atom is -0.388 e. The molecule has 3 rings (SSSR count). The maximum atomic E-state index is 10.9. The van der Waals surface area contributed by atoms with E-state index in [0.29, 0.717) is 23.4 Å². The van der Waals surface area contributed by atoms with Crippen LogP contribution in [0.1, 0.15) is 23.2 Å². The zero-order chi connectivity index (χ0) is 19.4. The largest absolute Gasteiger partial charge is 0.388 e. The molecule has 0 aliphatic carbocycles. The molecule has 2 aromatic carbocycles. The molecule has 4 nitrogen and oxygen atoms in total. The Hall–Kier alpha value is -3.03. The Morgan fingerprint density at radius 3 is 2.67 bits per heavy atom. The lowest BCUT2D eigenvalue weighted by atomic mass is 10.1. The molecule has 0 saturated carbocycles. The number of anilines is 1. The highest BCUT2D eigenvalue weighted by Gasteiger charge is 2.16. The first-order chi connectivity index (χ1) is 13.1. The Morgan fingerprint density at radius 1 is 1.19 bits per heavy atom. The molecular formula is C22H20ClN3O. The van der Waals surface area contributed by atoms with Gasteiger partial charge in [-0.15, -0.1) is 0 Å². The van der Waals surface area contributed by atoms with Gasteiger partial charge in [-0.3, -0.25) is 0 Å². The average molecular weight is 378 g/mol. The van der Waals surface area contributed by atoms with Gasteiger partial charge >= 0.3 is 0 Å². The summed E-state index contributed by atoms with van der Waals surface area (Å²) in [7, 11) is 1.86. The van der Waals surface area contributed by atoms with Crippen LogP contribution in [-0.2, 0) is 11.2 Å². The average Bonchev–Trinajstić information content (AvgIpc) is 3.09. The minimum absolute atomic E-state index is 0.457. The Bertz CT molecular complexity index is 1030. The highest BCUT2D eigenvalue weighted by molar-refractivity contribution is 6.31.